The number of anilines is 2. The highest BCUT2D eigenvalue weighted by atomic mass is 35.5. The standard InChI is InChI=1S/C19H19ClN2O3/c1-13(23)22(2)17-9-7-16(8-10-17)21-19(25)12-11-18(24)14-3-5-15(20)6-4-14/h3-10H,11-12H2,1-2H3,(H,21,25). The first kappa shape index (κ1) is 18.7. The minimum Gasteiger partial charge on any atom is -0.326 e. The van der Waals surface area contributed by atoms with Gasteiger partial charge in [0.1, 0.15) is 0 Å². The number of carbonyl (C=O) groups excluding carboxylic acids is 3. The molecule has 0 fully saturated rings. The highest BCUT2D eigenvalue weighted by molar-refractivity contribution is 6.30. The SMILES string of the molecule is CC(=O)N(C)c1ccc(NC(=O)CCC(=O)c2ccc(Cl)cc2)cc1. The molecule has 130 valence electrons. The zero-order chi connectivity index (χ0) is 18.4. The number of ketones is 1. The number of nitrogens with one attached hydrogen (secondary N) is 1. The van der Waals surface area contributed by atoms with Gasteiger partial charge in [0, 0.05) is 48.8 Å². The van der Waals surface area contributed by atoms with Crippen LogP contribution in [0.4, 0.5) is 11.4 Å². The molecule has 2 amide bonds. The number of benzene rings is 2. The third-order valence-corrected chi connectivity index (χ3v) is 4.01. The van der Waals surface area contributed by atoms with Gasteiger partial charge < -0.3 is 10.2 Å². The number of nitrogens with zero attached hydrogens (tertiary/aromatic N) is 1. The van der Waals surface area contributed by atoms with Gasteiger partial charge >= 0.3 is 0 Å². The van der Waals surface area contributed by atoms with Gasteiger partial charge in [-0.1, -0.05) is 11.6 Å². The van der Waals surface area contributed by atoms with E-state index in [0.717, 1.165) is 5.69 Å². The number of halogens is 1. The molecule has 0 heterocycles. The first-order chi connectivity index (χ1) is 11.9. The van der Waals surface area contributed by atoms with Gasteiger partial charge in [0.15, 0.2) is 5.78 Å². The first-order valence-electron chi connectivity index (χ1n) is 7.80. The van der Waals surface area contributed by atoms with E-state index in [1.54, 1.807) is 55.6 Å². The Hall–Kier alpha value is -2.66. The third-order valence-electron chi connectivity index (χ3n) is 3.76. The number of rotatable bonds is 6. The molecule has 2 aromatic rings. The van der Waals surface area contributed by atoms with Crippen molar-refractivity contribution in [1.82, 2.24) is 0 Å². The van der Waals surface area contributed by atoms with Gasteiger partial charge in [0.2, 0.25) is 11.8 Å². The van der Waals surface area contributed by atoms with Gasteiger partial charge in [-0.3, -0.25) is 14.4 Å². The van der Waals surface area contributed by atoms with Crippen molar-refractivity contribution >= 4 is 40.6 Å². The maximum atomic E-state index is 12.0. The summed E-state index contributed by atoms with van der Waals surface area (Å²) in [4.78, 5) is 36.8. The highest BCUT2D eigenvalue weighted by Crippen LogP contribution is 2.17. The van der Waals surface area contributed by atoms with Gasteiger partial charge in [-0.2, -0.15) is 0 Å². The number of hydrogen-bond acceptors (Lipinski definition) is 3. The summed E-state index contributed by atoms with van der Waals surface area (Å²) >= 11 is 5.78. The van der Waals surface area contributed by atoms with Gasteiger partial charge in [-0.15, -0.1) is 0 Å². The average Bonchev–Trinajstić information content (AvgIpc) is 2.60. The van der Waals surface area contributed by atoms with Gasteiger partial charge in [-0.05, 0) is 48.5 Å². The van der Waals surface area contributed by atoms with E-state index in [0.29, 0.717) is 16.3 Å². The lowest BCUT2D eigenvalue weighted by Crippen LogP contribution is -2.22. The number of Topliss-reactive ketones (excluding diaryl/α,β-unsaturated/α-hetero) is 1. The Kier molecular flexibility index (Phi) is 6.31. The van der Waals surface area contributed by atoms with Crippen LogP contribution in [0.3, 0.4) is 0 Å². The van der Waals surface area contributed by atoms with Crippen molar-refractivity contribution in [1.29, 1.82) is 0 Å². The molecule has 0 radical (unpaired) electrons. The largest absolute Gasteiger partial charge is 0.326 e. The molecule has 5 nitrogen and oxygen atoms in total. The van der Waals surface area contributed by atoms with E-state index < -0.39 is 0 Å². The van der Waals surface area contributed by atoms with Crippen molar-refractivity contribution in [3.63, 3.8) is 0 Å². The highest BCUT2D eigenvalue weighted by Gasteiger charge is 2.10. The molecule has 0 aliphatic carbocycles. The van der Waals surface area contributed by atoms with Crippen molar-refractivity contribution in [2.45, 2.75) is 19.8 Å². The Labute approximate surface area is 151 Å². The van der Waals surface area contributed by atoms with Gasteiger partial charge in [0.05, 0.1) is 0 Å². The topological polar surface area (TPSA) is 66.5 Å². The zero-order valence-electron chi connectivity index (χ0n) is 14.1. The number of carbonyl (C=O) groups is 3. The van der Waals surface area contributed by atoms with Crippen LogP contribution in [-0.2, 0) is 9.59 Å². The lowest BCUT2D eigenvalue weighted by atomic mass is 10.1. The fourth-order valence-electron chi connectivity index (χ4n) is 2.18. The molecule has 0 unspecified atom stereocenters. The molecule has 0 bridgehead atoms. The maximum absolute atomic E-state index is 12.0. The molecule has 0 saturated heterocycles. The fraction of sp³-hybridized carbons (Fsp3) is 0.211. The predicted molar refractivity (Wildman–Crippen MR) is 99.2 cm³/mol. The summed E-state index contributed by atoms with van der Waals surface area (Å²) in [5, 5.41) is 3.30. The van der Waals surface area contributed by atoms with Crippen LogP contribution in [0.2, 0.25) is 5.02 Å². The molecule has 2 rings (SSSR count). The van der Waals surface area contributed by atoms with E-state index in [2.05, 4.69) is 5.32 Å². The molecule has 6 heteroatoms. The normalized spacial score (nSPS) is 10.2. The van der Waals surface area contributed by atoms with E-state index in [9.17, 15) is 14.4 Å². The lowest BCUT2D eigenvalue weighted by molar-refractivity contribution is -0.117. The van der Waals surface area contributed by atoms with E-state index in [1.807, 2.05) is 0 Å². The second-order valence-corrected chi connectivity index (χ2v) is 6.04. The van der Waals surface area contributed by atoms with Crippen LogP contribution in [0, 0.1) is 0 Å². The van der Waals surface area contributed by atoms with Crippen LogP contribution in [0.15, 0.2) is 48.5 Å². The Morgan fingerprint density at radius 2 is 1.56 bits per heavy atom. The molecule has 0 aliphatic rings. The Morgan fingerprint density at radius 1 is 0.960 bits per heavy atom. The summed E-state index contributed by atoms with van der Waals surface area (Å²) in [6, 6.07) is 13.5. The Bertz CT molecular complexity index is 770. The molecular weight excluding hydrogens is 340 g/mol. The summed E-state index contributed by atoms with van der Waals surface area (Å²) in [6.07, 6.45) is 0.217. The molecule has 0 aliphatic heterocycles. The average molecular weight is 359 g/mol. The van der Waals surface area contributed by atoms with E-state index in [4.69, 9.17) is 11.6 Å². The Balaban J connectivity index is 1.86. The molecular formula is C19H19ClN2O3. The maximum Gasteiger partial charge on any atom is 0.224 e. The Morgan fingerprint density at radius 3 is 2.12 bits per heavy atom. The minimum absolute atomic E-state index is 0.0718. The number of hydrogen-bond donors (Lipinski definition) is 1. The van der Waals surface area contributed by atoms with E-state index in [-0.39, 0.29) is 30.4 Å². The summed E-state index contributed by atoms with van der Waals surface area (Å²) in [7, 11) is 1.68. The van der Waals surface area contributed by atoms with E-state index >= 15 is 0 Å². The van der Waals surface area contributed by atoms with Crippen LogP contribution in [-0.4, -0.2) is 24.6 Å². The minimum atomic E-state index is -0.241. The number of amides is 2. The monoisotopic (exact) mass is 358 g/mol. The second-order valence-electron chi connectivity index (χ2n) is 5.60. The molecule has 0 aromatic heterocycles. The van der Waals surface area contributed by atoms with Crippen molar-refractivity contribution in [2.24, 2.45) is 0 Å². The molecule has 0 spiro atoms. The third kappa shape index (κ3) is 5.43. The smallest absolute Gasteiger partial charge is 0.224 e. The molecule has 0 saturated carbocycles. The summed E-state index contributed by atoms with van der Waals surface area (Å²) in [5.41, 5.74) is 1.89. The molecule has 1 N–H and O–H groups in total. The summed E-state index contributed by atoms with van der Waals surface area (Å²) in [6.45, 7) is 1.48. The quantitative estimate of drug-likeness (QED) is 0.796. The van der Waals surface area contributed by atoms with Crippen LogP contribution in [0.25, 0.3) is 0 Å². The van der Waals surface area contributed by atoms with Crippen molar-refractivity contribution in [2.75, 3.05) is 17.3 Å². The molecule has 25 heavy (non-hydrogen) atoms. The summed E-state index contributed by atoms with van der Waals surface area (Å²) in [5.74, 6) is -0.419. The zero-order valence-corrected chi connectivity index (χ0v) is 14.8. The summed E-state index contributed by atoms with van der Waals surface area (Å²) < 4.78 is 0. The van der Waals surface area contributed by atoms with Crippen LogP contribution in [0.1, 0.15) is 30.1 Å². The fourth-order valence-corrected chi connectivity index (χ4v) is 2.31. The van der Waals surface area contributed by atoms with Crippen molar-refractivity contribution < 1.29 is 14.4 Å². The van der Waals surface area contributed by atoms with Crippen LogP contribution < -0.4 is 10.2 Å². The molecule has 2 aromatic carbocycles. The van der Waals surface area contributed by atoms with Crippen molar-refractivity contribution in [3.8, 4) is 0 Å². The lowest BCUT2D eigenvalue weighted by Gasteiger charge is -2.15. The first-order valence-corrected chi connectivity index (χ1v) is 8.17. The van der Waals surface area contributed by atoms with Gasteiger partial charge in [-0.25, -0.2) is 0 Å². The predicted octanol–water partition coefficient (Wildman–Crippen LogP) is 3.92. The van der Waals surface area contributed by atoms with Crippen LogP contribution in [0.5, 0.6) is 0 Å². The van der Waals surface area contributed by atoms with Crippen molar-refractivity contribution in [3.05, 3.63) is 59.1 Å². The second kappa shape index (κ2) is 8.44. The van der Waals surface area contributed by atoms with Crippen LogP contribution >= 0.6 is 11.6 Å². The molecule has 0 atom stereocenters. The van der Waals surface area contributed by atoms with Gasteiger partial charge in [0.25, 0.3) is 0 Å². The van der Waals surface area contributed by atoms with E-state index in [1.165, 1.54) is 11.8 Å².